The average molecular weight is 307 g/mol. The highest BCUT2D eigenvalue weighted by Gasteiger charge is 2.29. The summed E-state index contributed by atoms with van der Waals surface area (Å²) in [6.45, 7) is 12.6. The van der Waals surface area contributed by atoms with Gasteiger partial charge in [0.25, 0.3) is 0 Å². The summed E-state index contributed by atoms with van der Waals surface area (Å²) in [4.78, 5) is 10.7. The molecule has 0 saturated carbocycles. The largest absolute Gasteiger partial charge is 0.508 e. The molecule has 7 heteroatoms. The highest BCUT2D eigenvalue weighted by atomic mass is 28.4. The molecule has 1 aliphatic heterocycles. The van der Waals surface area contributed by atoms with Gasteiger partial charge in [-0.15, -0.1) is 0 Å². The molecule has 0 amide bonds. The zero-order chi connectivity index (χ0) is 14.5. The molecule has 1 rings (SSSR count). The van der Waals surface area contributed by atoms with Gasteiger partial charge in [0.2, 0.25) is 0 Å². The Morgan fingerprint density at radius 2 is 1.95 bits per heavy atom. The van der Waals surface area contributed by atoms with E-state index in [9.17, 15) is 4.79 Å². The Morgan fingerprint density at radius 1 is 1.26 bits per heavy atom. The Labute approximate surface area is 117 Å². The molecule has 1 saturated heterocycles. The first kappa shape index (κ1) is 16.7. The van der Waals surface area contributed by atoms with Crippen molar-refractivity contribution < 1.29 is 23.1 Å². The molecule has 1 aliphatic rings. The van der Waals surface area contributed by atoms with Crippen LogP contribution in [0.4, 0.5) is 4.79 Å². The number of cyclic esters (lactones) is 2. The molecule has 5 nitrogen and oxygen atoms in total. The van der Waals surface area contributed by atoms with Crippen molar-refractivity contribution in [2.45, 2.75) is 51.3 Å². The van der Waals surface area contributed by atoms with Crippen LogP contribution in [0.25, 0.3) is 0 Å². The monoisotopic (exact) mass is 306 g/mol. The Morgan fingerprint density at radius 3 is 2.47 bits per heavy atom. The second-order valence-corrected chi connectivity index (χ2v) is 15.5. The summed E-state index contributed by atoms with van der Waals surface area (Å²) in [6, 6.07) is 1.10. The Kier molecular flexibility index (Phi) is 6.03. The van der Waals surface area contributed by atoms with E-state index in [1.165, 1.54) is 0 Å². The van der Waals surface area contributed by atoms with Gasteiger partial charge in [0, 0.05) is 6.61 Å². The lowest BCUT2D eigenvalue weighted by Gasteiger charge is -2.31. The minimum atomic E-state index is -1.56. The summed E-state index contributed by atoms with van der Waals surface area (Å²) in [6.07, 6.45) is 0.160. The van der Waals surface area contributed by atoms with Crippen molar-refractivity contribution in [2.24, 2.45) is 0 Å². The maximum absolute atomic E-state index is 10.7. The number of carbonyl (C=O) groups excluding carboxylic acids is 1. The molecule has 112 valence electrons. The van der Waals surface area contributed by atoms with Crippen LogP contribution in [0, 0.1) is 0 Å². The fraction of sp³-hybridized carbons (Fsp3) is 0.917. The predicted octanol–water partition coefficient (Wildman–Crippen LogP) is 2.99. The number of hydrogen-bond acceptors (Lipinski definition) is 5. The van der Waals surface area contributed by atoms with Crippen LogP contribution >= 0.6 is 0 Å². The molecule has 0 aromatic heterocycles. The fourth-order valence-electron chi connectivity index (χ4n) is 2.14. The van der Waals surface area contributed by atoms with E-state index in [2.05, 4.69) is 37.5 Å². The van der Waals surface area contributed by atoms with Crippen LogP contribution in [-0.2, 0) is 18.3 Å². The van der Waals surface area contributed by atoms with Gasteiger partial charge in [0.15, 0.2) is 22.7 Å². The third-order valence-corrected chi connectivity index (χ3v) is 8.82. The van der Waals surface area contributed by atoms with Crippen molar-refractivity contribution in [2.75, 3.05) is 19.8 Å². The maximum atomic E-state index is 10.7. The van der Waals surface area contributed by atoms with E-state index in [4.69, 9.17) is 13.6 Å². The van der Waals surface area contributed by atoms with Crippen molar-refractivity contribution in [3.8, 4) is 0 Å². The van der Waals surface area contributed by atoms with Crippen LogP contribution in [0.5, 0.6) is 0 Å². The summed E-state index contributed by atoms with van der Waals surface area (Å²) >= 11 is 0. The third kappa shape index (κ3) is 7.71. The van der Waals surface area contributed by atoms with Crippen molar-refractivity contribution in [1.29, 1.82) is 0 Å². The van der Waals surface area contributed by atoms with Crippen LogP contribution in [0.15, 0.2) is 0 Å². The summed E-state index contributed by atoms with van der Waals surface area (Å²) in [5, 5.41) is 0. The van der Waals surface area contributed by atoms with Crippen molar-refractivity contribution in [3.63, 3.8) is 0 Å². The molecular formula is C12H26O5Si2. The average Bonchev–Trinajstić information content (AvgIpc) is 2.59. The second kappa shape index (κ2) is 6.87. The van der Waals surface area contributed by atoms with Gasteiger partial charge >= 0.3 is 6.16 Å². The molecular weight excluding hydrogens is 280 g/mol. The van der Waals surface area contributed by atoms with E-state index in [0.717, 1.165) is 12.5 Å². The van der Waals surface area contributed by atoms with E-state index in [-0.39, 0.29) is 6.10 Å². The van der Waals surface area contributed by atoms with E-state index in [1.807, 2.05) is 0 Å². The molecule has 0 radical (unpaired) electrons. The molecule has 1 fully saturated rings. The van der Waals surface area contributed by atoms with Crippen LogP contribution in [0.2, 0.25) is 38.8 Å². The minimum absolute atomic E-state index is 0.240. The van der Waals surface area contributed by atoms with Gasteiger partial charge in [-0.05, 0) is 45.2 Å². The summed E-state index contributed by atoms with van der Waals surface area (Å²) in [7, 11) is -3.00. The smallest absolute Gasteiger partial charge is 0.456 e. The molecule has 0 N–H and O–H groups in total. The van der Waals surface area contributed by atoms with Gasteiger partial charge in [-0.25, -0.2) is 4.79 Å². The molecule has 0 bridgehead atoms. The van der Waals surface area contributed by atoms with E-state index in [1.54, 1.807) is 0 Å². The highest BCUT2D eigenvalue weighted by Crippen LogP contribution is 2.19. The molecule has 0 aliphatic carbocycles. The summed E-state index contributed by atoms with van der Waals surface area (Å²) in [5.74, 6) is 0. The number of hydrogen-bond donors (Lipinski definition) is 0. The Hall–Kier alpha value is -0.376. The van der Waals surface area contributed by atoms with E-state index in [0.29, 0.717) is 19.8 Å². The first-order valence-corrected chi connectivity index (χ1v) is 13.3. The zero-order valence-electron chi connectivity index (χ0n) is 12.7. The normalized spacial score (nSPS) is 20.3. The van der Waals surface area contributed by atoms with Gasteiger partial charge in [-0.2, -0.15) is 0 Å². The summed E-state index contributed by atoms with van der Waals surface area (Å²) in [5.41, 5.74) is 0. The van der Waals surface area contributed by atoms with E-state index < -0.39 is 22.8 Å². The molecule has 1 atom stereocenters. The van der Waals surface area contributed by atoms with Gasteiger partial charge in [-0.3, -0.25) is 0 Å². The first-order valence-electron chi connectivity index (χ1n) is 6.79. The van der Waals surface area contributed by atoms with Crippen molar-refractivity contribution >= 4 is 22.8 Å². The number of ether oxygens (including phenoxy) is 3. The summed E-state index contributed by atoms with van der Waals surface area (Å²) < 4.78 is 21.3. The predicted molar refractivity (Wildman–Crippen MR) is 78.4 cm³/mol. The number of carbonyl (C=O) groups is 1. The lowest BCUT2D eigenvalue weighted by atomic mass is 10.4. The molecule has 0 aromatic rings. The van der Waals surface area contributed by atoms with Crippen LogP contribution in [-0.4, -0.2) is 48.7 Å². The number of rotatable bonds is 8. The van der Waals surface area contributed by atoms with Crippen LogP contribution in [0.3, 0.4) is 0 Å². The van der Waals surface area contributed by atoms with Gasteiger partial charge in [0.05, 0.1) is 6.61 Å². The van der Waals surface area contributed by atoms with Gasteiger partial charge in [-0.1, -0.05) is 0 Å². The SMILES string of the molecule is C[Si](C)(C)O[Si](C)(C)CCCOCC1COC(=O)O1. The molecule has 1 unspecified atom stereocenters. The van der Waals surface area contributed by atoms with Crippen LogP contribution in [0.1, 0.15) is 6.42 Å². The van der Waals surface area contributed by atoms with Crippen LogP contribution < -0.4 is 0 Å². The second-order valence-electron chi connectivity index (χ2n) is 6.45. The lowest BCUT2D eigenvalue weighted by molar-refractivity contribution is 0.0460. The molecule has 0 spiro atoms. The standard InChI is InChI=1S/C12H26O5Si2/c1-18(2,3)17-19(4,5)8-6-7-14-9-11-10-15-12(13)16-11/h11H,6-10H2,1-5H3. The Bertz CT molecular complexity index is 301. The van der Waals surface area contributed by atoms with Gasteiger partial charge in [0.1, 0.15) is 6.61 Å². The molecule has 0 aromatic carbocycles. The topological polar surface area (TPSA) is 54.0 Å². The molecule has 1 heterocycles. The minimum Gasteiger partial charge on any atom is -0.456 e. The maximum Gasteiger partial charge on any atom is 0.508 e. The third-order valence-electron chi connectivity index (χ3n) is 2.60. The van der Waals surface area contributed by atoms with E-state index >= 15 is 0 Å². The highest BCUT2D eigenvalue weighted by molar-refractivity contribution is 6.84. The first-order chi connectivity index (χ1) is 8.68. The zero-order valence-corrected chi connectivity index (χ0v) is 14.7. The molecule has 19 heavy (non-hydrogen) atoms. The van der Waals surface area contributed by atoms with Crippen molar-refractivity contribution in [3.05, 3.63) is 0 Å². The fourth-order valence-corrected chi connectivity index (χ4v) is 10.2. The van der Waals surface area contributed by atoms with Crippen molar-refractivity contribution in [1.82, 2.24) is 0 Å². The lowest BCUT2D eigenvalue weighted by Crippen LogP contribution is -2.42. The Balaban J connectivity index is 2.08. The quantitative estimate of drug-likeness (QED) is 0.392. The van der Waals surface area contributed by atoms with Gasteiger partial charge < -0.3 is 18.3 Å².